The van der Waals surface area contributed by atoms with Gasteiger partial charge in [0.1, 0.15) is 6.04 Å². The molecule has 0 radical (unpaired) electrons. The number of nitrogens with zero attached hydrogens (tertiary/aromatic N) is 1. The number of nitrogens with one attached hydrogen (secondary N) is 1. The summed E-state index contributed by atoms with van der Waals surface area (Å²) in [5, 5.41) is 4.91. The molecule has 21 heavy (non-hydrogen) atoms. The first-order valence-corrected chi connectivity index (χ1v) is 8.07. The molecule has 2 aromatic rings. The molecular formula is C16H19N3OS. The van der Waals surface area contributed by atoms with Crippen LogP contribution < -0.4 is 16.0 Å². The summed E-state index contributed by atoms with van der Waals surface area (Å²) in [5.41, 5.74) is 7.95. The fraction of sp³-hybridized carbons (Fsp3) is 0.312. The maximum Gasteiger partial charge on any atom is 0.246 e. The van der Waals surface area contributed by atoms with Crippen molar-refractivity contribution in [3.63, 3.8) is 0 Å². The van der Waals surface area contributed by atoms with Gasteiger partial charge >= 0.3 is 0 Å². The van der Waals surface area contributed by atoms with Gasteiger partial charge < -0.3 is 16.0 Å². The van der Waals surface area contributed by atoms with E-state index in [9.17, 15) is 4.79 Å². The molecule has 3 rings (SSSR count). The quantitative estimate of drug-likeness (QED) is 0.912. The van der Waals surface area contributed by atoms with Crippen LogP contribution in [0.25, 0.3) is 0 Å². The summed E-state index contributed by atoms with van der Waals surface area (Å²) in [5.74, 6) is -0.163. The zero-order chi connectivity index (χ0) is 14.7. The molecule has 0 spiro atoms. The van der Waals surface area contributed by atoms with Crippen molar-refractivity contribution in [1.82, 2.24) is 0 Å². The van der Waals surface area contributed by atoms with Gasteiger partial charge in [0.15, 0.2) is 0 Å². The monoisotopic (exact) mass is 301 g/mol. The Morgan fingerprint density at radius 3 is 2.67 bits per heavy atom. The number of nitrogens with two attached hydrogens (primary N) is 1. The molecule has 0 saturated carbocycles. The van der Waals surface area contributed by atoms with E-state index in [2.05, 4.69) is 16.3 Å². The number of anilines is 2. The predicted octanol–water partition coefficient (Wildman–Crippen LogP) is 2.99. The summed E-state index contributed by atoms with van der Waals surface area (Å²) in [6.45, 7) is 2.09. The standard InChI is InChI=1S/C16H19N3OS/c17-15(14-8-5-11-21-14)16(20)18-12-6-1-2-7-13(12)19-9-3-4-10-19/h1-2,5-8,11,15H,3-4,9-10,17H2,(H,18,20). The van der Waals surface area contributed by atoms with E-state index in [1.54, 1.807) is 0 Å². The molecule has 0 bridgehead atoms. The molecule has 110 valence electrons. The molecule has 1 saturated heterocycles. The number of rotatable bonds is 4. The average Bonchev–Trinajstić information content (AvgIpc) is 3.20. The van der Waals surface area contributed by atoms with Crippen LogP contribution in [0.15, 0.2) is 41.8 Å². The van der Waals surface area contributed by atoms with Crippen molar-refractivity contribution >= 4 is 28.6 Å². The average molecular weight is 301 g/mol. The topological polar surface area (TPSA) is 58.4 Å². The summed E-state index contributed by atoms with van der Waals surface area (Å²) < 4.78 is 0. The zero-order valence-electron chi connectivity index (χ0n) is 11.8. The summed E-state index contributed by atoms with van der Waals surface area (Å²) >= 11 is 1.50. The molecule has 1 aromatic carbocycles. The van der Waals surface area contributed by atoms with E-state index in [1.165, 1.54) is 24.2 Å². The minimum atomic E-state index is -0.614. The minimum absolute atomic E-state index is 0.163. The highest BCUT2D eigenvalue weighted by molar-refractivity contribution is 7.10. The highest BCUT2D eigenvalue weighted by Crippen LogP contribution is 2.29. The van der Waals surface area contributed by atoms with Crippen LogP contribution in [0.2, 0.25) is 0 Å². The van der Waals surface area contributed by atoms with Crippen molar-refractivity contribution in [3.8, 4) is 0 Å². The van der Waals surface area contributed by atoms with Crippen LogP contribution in [0.5, 0.6) is 0 Å². The van der Waals surface area contributed by atoms with Gasteiger partial charge in [-0.3, -0.25) is 4.79 Å². The molecule has 1 amide bonds. The lowest BCUT2D eigenvalue weighted by Crippen LogP contribution is -2.28. The SMILES string of the molecule is NC(C(=O)Nc1ccccc1N1CCCC1)c1cccs1. The first-order chi connectivity index (χ1) is 10.3. The van der Waals surface area contributed by atoms with Crippen LogP contribution in [0, 0.1) is 0 Å². The van der Waals surface area contributed by atoms with Gasteiger partial charge in [0.2, 0.25) is 5.91 Å². The van der Waals surface area contributed by atoms with Gasteiger partial charge in [-0.2, -0.15) is 0 Å². The molecule has 1 aromatic heterocycles. The smallest absolute Gasteiger partial charge is 0.246 e. The predicted molar refractivity (Wildman–Crippen MR) is 87.8 cm³/mol. The van der Waals surface area contributed by atoms with E-state index in [1.807, 2.05) is 35.7 Å². The third-order valence-electron chi connectivity index (χ3n) is 3.74. The summed E-state index contributed by atoms with van der Waals surface area (Å²) in [7, 11) is 0. The van der Waals surface area contributed by atoms with E-state index in [0.717, 1.165) is 29.3 Å². The normalized spacial score (nSPS) is 16.0. The summed E-state index contributed by atoms with van der Waals surface area (Å²) in [4.78, 5) is 15.5. The number of benzene rings is 1. The Balaban J connectivity index is 1.77. The van der Waals surface area contributed by atoms with Crippen molar-refractivity contribution in [2.45, 2.75) is 18.9 Å². The minimum Gasteiger partial charge on any atom is -0.370 e. The summed E-state index contributed by atoms with van der Waals surface area (Å²) in [6.07, 6.45) is 2.41. The molecule has 1 aliphatic rings. The number of thiophene rings is 1. The van der Waals surface area contributed by atoms with Crippen LogP contribution in [-0.4, -0.2) is 19.0 Å². The largest absolute Gasteiger partial charge is 0.370 e. The maximum atomic E-state index is 12.3. The number of hydrogen-bond donors (Lipinski definition) is 2. The number of hydrogen-bond acceptors (Lipinski definition) is 4. The fourth-order valence-corrected chi connectivity index (χ4v) is 3.35. The number of para-hydroxylation sites is 2. The van der Waals surface area contributed by atoms with Crippen LogP contribution in [0.1, 0.15) is 23.8 Å². The van der Waals surface area contributed by atoms with Gasteiger partial charge in [-0.05, 0) is 36.4 Å². The Kier molecular flexibility index (Phi) is 4.22. The fourth-order valence-electron chi connectivity index (χ4n) is 2.62. The van der Waals surface area contributed by atoms with Gasteiger partial charge in [-0.25, -0.2) is 0 Å². The second kappa shape index (κ2) is 6.28. The Labute approximate surface area is 128 Å². The van der Waals surface area contributed by atoms with Gasteiger partial charge in [-0.15, -0.1) is 11.3 Å². The Hall–Kier alpha value is -1.85. The molecule has 1 fully saturated rings. The van der Waals surface area contributed by atoms with Gasteiger partial charge in [-0.1, -0.05) is 18.2 Å². The first kappa shape index (κ1) is 14.1. The Bertz CT molecular complexity index is 606. The number of carbonyl (C=O) groups is 1. The Morgan fingerprint density at radius 2 is 1.95 bits per heavy atom. The van der Waals surface area contributed by atoms with Crippen molar-refractivity contribution in [3.05, 3.63) is 46.7 Å². The van der Waals surface area contributed by atoms with E-state index in [-0.39, 0.29) is 5.91 Å². The third-order valence-corrected chi connectivity index (χ3v) is 4.70. The molecule has 2 heterocycles. The zero-order valence-corrected chi connectivity index (χ0v) is 12.6. The lowest BCUT2D eigenvalue weighted by molar-refractivity contribution is -0.117. The van der Waals surface area contributed by atoms with E-state index in [4.69, 9.17) is 5.73 Å². The van der Waals surface area contributed by atoms with E-state index in [0.29, 0.717) is 0 Å². The number of carbonyl (C=O) groups excluding carboxylic acids is 1. The van der Waals surface area contributed by atoms with Crippen LogP contribution in [0.3, 0.4) is 0 Å². The second-order valence-electron chi connectivity index (χ2n) is 5.19. The molecule has 4 nitrogen and oxygen atoms in total. The third kappa shape index (κ3) is 3.09. The lowest BCUT2D eigenvalue weighted by Gasteiger charge is -2.22. The van der Waals surface area contributed by atoms with E-state index >= 15 is 0 Å². The molecular weight excluding hydrogens is 282 g/mol. The van der Waals surface area contributed by atoms with Crippen LogP contribution >= 0.6 is 11.3 Å². The second-order valence-corrected chi connectivity index (χ2v) is 6.17. The van der Waals surface area contributed by atoms with Gasteiger partial charge in [0.25, 0.3) is 0 Å². The highest BCUT2D eigenvalue weighted by atomic mass is 32.1. The highest BCUT2D eigenvalue weighted by Gasteiger charge is 2.20. The summed E-state index contributed by atoms with van der Waals surface area (Å²) in [6, 6.07) is 11.1. The molecule has 1 atom stereocenters. The van der Waals surface area contributed by atoms with Gasteiger partial charge in [0, 0.05) is 18.0 Å². The van der Waals surface area contributed by atoms with Crippen LogP contribution in [-0.2, 0) is 4.79 Å². The molecule has 1 unspecified atom stereocenters. The van der Waals surface area contributed by atoms with Crippen molar-refractivity contribution in [2.24, 2.45) is 5.73 Å². The molecule has 0 aliphatic carbocycles. The first-order valence-electron chi connectivity index (χ1n) is 7.19. The van der Waals surface area contributed by atoms with Crippen molar-refractivity contribution < 1.29 is 4.79 Å². The van der Waals surface area contributed by atoms with Crippen molar-refractivity contribution in [1.29, 1.82) is 0 Å². The maximum absolute atomic E-state index is 12.3. The van der Waals surface area contributed by atoms with E-state index < -0.39 is 6.04 Å². The molecule has 5 heteroatoms. The van der Waals surface area contributed by atoms with Gasteiger partial charge in [0.05, 0.1) is 11.4 Å². The Morgan fingerprint density at radius 1 is 1.19 bits per heavy atom. The molecule has 1 aliphatic heterocycles. The van der Waals surface area contributed by atoms with Crippen LogP contribution in [0.4, 0.5) is 11.4 Å². The number of amides is 1. The molecule has 3 N–H and O–H groups in total. The lowest BCUT2D eigenvalue weighted by atomic mass is 10.2. The van der Waals surface area contributed by atoms with Crippen molar-refractivity contribution in [2.75, 3.05) is 23.3 Å².